The van der Waals surface area contributed by atoms with Crippen LogP contribution in [0.1, 0.15) is 18.1 Å². The van der Waals surface area contributed by atoms with Gasteiger partial charge in [-0.15, -0.1) is 0 Å². The molecule has 7 nitrogen and oxygen atoms in total. The molecule has 1 N–H and O–H groups in total. The Labute approximate surface area is 197 Å². The Balaban J connectivity index is 1.70. The summed E-state index contributed by atoms with van der Waals surface area (Å²) in [6.45, 7) is 2.65. The number of hydrogen-bond acceptors (Lipinski definition) is 6. The molecule has 0 spiro atoms. The molecular weight excluding hydrogens is 444 g/mol. The number of methoxy groups -OCH3 is 2. The molecule has 0 saturated carbocycles. The van der Waals surface area contributed by atoms with E-state index >= 15 is 0 Å². The van der Waals surface area contributed by atoms with Crippen LogP contribution in [0, 0.1) is 0 Å². The average Bonchev–Trinajstić information content (AvgIpc) is 2.82. The molecule has 3 rings (SSSR count). The predicted molar refractivity (Wildman–Crippen MR) is 128 cm³/mol. The van der Waals surface area contributed by atoms with Crippen LogP contribution in [0.2, 0.25) is 5.02 Å². The van der Waals surface area contributed by atoms with Crippen molar-refractivity contribution in [3.05, 3.63) is 77.1 Å². The fourth-order valence-corrected chi connectivity index (χ4v) is 3.31. The molecule has 0 aliphatic rings. The van der Waals surface area contributed by atoms with Gasteiger partial charge in [0.2, 0.25) is 5.91 Å². The van der Waals surface area contributed by atoms with Crippen LogP contribution in [0.15, 0.2) is 60.9 Å². The first kappa shape index (κ1) is 23.9. The van der Waals surface area contributed by atoms with Crippen molar-refractivity contribution in [2.45, 2.75) is 13.5 Å². The summed E-state index contributed by atoms with van der Waals surface area (Å²) < 4.78 is 22.1. The quantitative estimate of drug-likeness (QED) is 0.402. The summed E-state index contributed by atoms with van der Waals surface area (Å²) in [6.07, 6.45) is 6.48. The van der Waals surface area contributed by atoms with Crippen molar-refractivity contribution in [1.82, 2.24) is 4.98 Å². The Morgan fingerprint density at radius 3 is 2.61 bits per heavy atom. The van der Waals surface area contributed by atoms with Gasteiger partial charge in [0.05, 0.1) is 25.8 Å². The molecule has 0 fully saturated rings. The molecule has 0 bridgehead atoms. The molecule has 0 atom stereocenters. The first-order valence-corrected chi connectivity index (χ1v) is 10.6. The zero-order valence-corrected chi connectivity index (χ0v) is 19.4. The first-order chi connectivity index (χ1) is 16.0. The number of amides is 1. The smallest absolute Gasteiger partial charge is 0.248 e. The number of rotatable bonds is 10. The highest BCUT2D eigenvalue weighted by Crippen LogP contribution is 2.36. The van der Waals surface area contributed by atoms with E-state index in [1.807, 2.05) is 19.1 Å². The molecule has 1 heterocycles. The summed E-state index contributed by atoms with van der Waals surface area (Å²) in [7, 11) is 3.08. The molecule has 1 aromatic heterocycles. The number of aromatic nitrogens is 1. The molecule has 33 heavy (non-hydrogen) atoms. The van der Waals surface area contributed by atoms with Gasteiger partial charge in [-0.3, -0.25) is 9.78 Å². The van der Waals surface area contributed by atoms with Crippen molar-refractivity contribution >= 4 is 29.3 Å². The third-order valence-corrected chi connectivity index (χ3v) is 4.79. The predicted octanol–water partition coefficient (Wildman–Crippen LogP) is 5.38. The lowest BCUT2D eigenvalue weighted by Crippen LogP contribution is -2.08. The number of pyridine rings is 1. The van der Waals surface area contributed by atoms with Gasteiger partial charge in [0.1, 0.15) is 6.61 Å². The summed E-state index contributed by atoms with van der Waals surface area (Å²) in [5.41, 5.74) is 2.19. The van der Waals surface area contributed by atoms with E-state index in [0.29, 0.717) is 52.5 Å². The van der Waals surface area contributed by atoms with Gasteiger partial charge in [0, 0.05) is 35.8 Å². The third-order valence-electron chi connectivity index (χ3n) is 4.51. The minimum atomic E-state index is -0.316. The highest BCUT2D eigenvalue weighted by molar-refractivity contribution is 6.32. The molecule has 0 aliphatic heterocycles. The normalized spacial score (nSPS) is 10.7. The van der Waals surface area contributed by atoms with E-state index in [2.05, 4.69) is 10.3 Å². The lowest BCUT2D eigenvalue weighted by molar-refractivity contribution is -0.111. The topological polar surface area (TPSA) is 78.9 Å². The van der Waals surface area contributed by atoms with Crippen molar-refractivity contribution in [1.29, 1.82) is 0 Å². The lowest BCUT2D eigenvalue weighted by Gasteiger charge is -2.13. The SMILES string of the molecule is CCOc1cc(/C=C/C(=O)Nc2ccc(OC)c(OCc3cccnc3)c2)cc(Cl)c1OC. The second kappa shape index (κ2) is 11.8. The summed E-state index contributed by atoms with van der Waals surface area (Å²) >= 11 is 6.27. The van der Waals surface area contributed by atoms with Crippen LogP contribution in [0.25, 0.3) is 6.08 Å². The number of benzene rings is 2. The maximum absolute atomic E-state index is 12.5. The molecule has 0 unspecified atom stereocenters. The van der Waals surface area contributed by atoms with Crippen LogP contribution in [0.4, 0.5) is 5.69 Å². The fourth-order valence-electron chi connectivity index (χ4n) is 3.01. The van der Waals surface area contributed by atoms with Crippen molar-refractivity contribution in [2.24, 2.45) is 0 Å². The summed E-state index contributed by atoms with van der Waals surface area (Å²) in [4.78, 5) is 16.6. The minimum absolute atomic E-state index is 0.316. The van der Waals surface area contributed by atoms with Crippen LogP contribution >= 0.6 is 11.6 Å². The summed E-state index contributed by atoms with van der Waals surface area (Å²) in [5, 5.41) is 3.21. The number of ether oxygens (including phenoxy) is 4. The maximum Gasteiger partial charge on any atom is 0.248 e. The average molecular weight is 469 g/mol. The monoisotopic (exact) mass is 468 g/mol. The Hall–Kier alpha value is -3.71. The molecule has 0 radical (unpaired) electrons. The van der Waals surface area contributed by atoms with Crippen LogP contribution in [0.5, 0.6) is 23.0 Å². The molecule has 0 aliphatic carbocycles. The first-order valence-electron chi connectivity index (χ1n) is 10.2. The molecule has 3 aromatic rings. The Bertz CT molecular complexity index is 1120. The van der Waals surface area contributed by atoms with Crippen LogP contribution < -0.4 is 24.3 Å². The summed E-state index contributed by atoms with van der Waals surface area (Å²) in [6, 6.07) is 12.4. The van der Waals surface area contributed by atoms with Gasteiger partial charge in [-0.05, 0) is 48.9 Å². The van der Waals surface area contributed by atoms with Gasteiger partial charge in [0.25, 0.3) is 0 Å². The van der Waals surface area contributed by atoms with Crippen molar-refractivity contribution in [3.8, 4) is 23.0 Å². The summed E-state index contributed by atoms with van der Waals surface area (Å²) in [5.74, 6) is 1.72. The van der Waals surface area contributed by atoms with Crippen LogP contribution in [-0.4, -0.2) is 31.7 Å². The Morgan fingerprint density at radius 2 is 1.91 bits per heavy atom. The Kier molecular flexibility index (Phi) is 8.55. The van der Waals surface area contributed by atoms with Gasteiger partial charge >= 0.3 is 0 Å². The fraction of sp³-hybridized carbons (Fsp3) is 0.200. The maximum atomic E-state index is 12.5. The van der Waals surface area contributed by atoms with E-state index < -0.39 is 0 Å². The molecular formula is C25H25ClN2O5. The number of anilines is 1. The number of nitrogens with zero attached hydrogens (tertiary/aromatic N) is 1. The lowest BCUT2D eigenvalue weighted by atomic mass is 10.2. The van der Waals surface area contributed by atoms with E-state index in [-0.39, 0.29) is 5.91 Å². The van der Waals surface area contributed by atoms with Crippen molar-refractivity contribution in [2.75, 3.05) is 26.1 Å². The largest absolute Gasteiger partial charge is 0.493 e. The standard InChI is InChI=1S/C25H25ClN2O5/c1-4-32-23-13-17(12-20(26)25(23)31-3)7-10-24(29)28-19-8-9-21(30-2)22(14-19)33-16-18-6-5-11-27-15-18/h5-15H,4,16H2,1-3H3,(H,28,29)/b10-7+. The number of carbonyl (C=O) groups excluding carboxylic acids is 1. The van der Waals surface area contributed by atoms with Gasteiger partial charge in [-0.25, -0.2) is 0 Å². The molecule has 172 valence electrons. The van der Waals surface area contributed by atoms with Crippen molar-refractivity contribution < 1.29 is 23.7 Å². The highest BCUT2D eigenvalue weighted by atomic mass is 35.5. The van der Waals surface area contributed by atoms with E-state index in [0.717, 1.165) is 5.56 Å². The van der Waals surface area contributed by atoms with Gasteiger partial charge in [-0.2, -0.15) is 0 Å². The van der Waals surface area contributed by atoms with Crippen LogP contribution in [0.3, 0.4) is 0 Å². The van der Waals surface area contributed by atoms with Gasteiger partial charge < -0.3 is 24.3 Å². The van der Waals surface area contributed by atoms with Crippen LogP contribution in [-0.2, 0) is 11.4 Å². The van der Waals surface area contributed by atoms with E-state index in [1.165, 1.54) is 13.2 Å². The zero-order valence-electron chi connectivity index (χ0n) is 18.6. The van der Waals surface area contributed by atoms with Crippen molar-refractivity contribution in [3.63, 3.8) is 0 Å². The zero-order chi connectivity index (χ0) is 23.6. The van der Waals surface area contributed by atoms with E-state index in [9.17, 15) is 4.79 Å². The molecule has 8 heteroatoms. The third kappa shape index (κ3) is 6.63. The second-order valence-corrected chi connectivity index (χ2v) is 7.21. The van der Waals surface area contributed by atoms with Gasteiger partial charge in [-0.1, -0.05) is 17.7 Å². The molecule has 0 saturated heterocycles. The number of hydrogen-bond donors (Lipinski definition) is 1. The number of carbonyl (C=O) groups is 1. The van der Waals surface area contributed by atoms with E-state index in [1.54, 1.807) is 55.9 Å². The number of halogens is 1. The highest BCUT2D eigenvalue weighted by Gasteiger charge is 2.11. The van der Waals surface area contributed by atoms with Gasteiger partial charge in [0.15, 0.2) is 23.0 Å². The Morgan fingerprint density at radius 1 is 1.06 bits per heavy atom. The molecule has 2 aromatic carbocycles. The number of nitrogens with one attached hydrogen (secondary N) is 1. The molecule has 1 amide bonds. The second-order valence-electron chi connectivity index (χ2n) is 6.81. The van der Waals surface area contributed by atoms with E-state index in [4.69, 9.17) is 30.5 Å². The minimum Gasteiger partial charge on any atom is -0.493 e.